The minimum Gasteiger partial charge on any atom is -0.361 e. The first kappa shape index (κ1) is 12.5. The number of rotatable bonds is 4. The van der Waals surface area contributed by atoms with Gasteiger partial charge in [-0.2, -0.15) is 0 Å². The third-order valence-corrected chi connectivity index (χ3v) is 4.13. The number of amides is 1. The summed E-state index contributed by atoms with van der Waals surface area (Å²) in [5, 5.41) is 4.94. The number of H-pyrrole nitrogens is 1. The summed E-state index contributed by atoms with van der Waals surface area (Å²) in [7, 11) is 0. The van der Waals surface area contributed by atoms with Crippen molar-refractivity contribution >= 4 is 28.4 Å². The van der Waals surface area contributed by atoms with E-state index in [-0.39, 0.29) is 11.8 Å². The van der Waals surface area contributed by atoms with Crippen LogP contribution in [0.4, 0.5) is 0 Å². The molecule has 100 valence electrons. The van der Waals surface area contributed by atoms with Gasteiger partial charge in [0.2, 0.25) is 5.91 Å². The maximum Gasteiger partial charge on any atom is 0.223 e. The van der Waals surface area contributed by atoms with Crippen LogP contribution in [0.5, 0.6) is 0 Å². The highest BCUT2D eigenvalue weighted by Gasteiger charge is 2.24. The smallest absolute Gasteiger partial charge is 0.223 e. The van der Waals surface area contributed by atoms with Crippen molar-refractivity contribution in [3.63, 3.8) is 0 Å². The van der Waals surface area contributed by atoms with E-state index in [1.807, 2.05) is 24.4 Å². The molecule has 0 atom stereocenters. The predicted molar refractivity (Wildman–Crippen MR) is 77.4 cm³/mol. The zero-order valence-corrected chi connectivity index (χ0v) is 11.5. The molecule has 3 nitrogen and oxygen atoms in total. The summed E-state index contributed by atoms with van der Waals surface area (Å²) in [4.78, 5) is 14.9. The Balaban J connectivity index is 1.60. The highest BCUT2D eigenvalue weighted by Crippen LogP contribution is 2.26. The molecule has 1 aliphatic carbocycles. The fraction of sp³-hybridized carbons (Fsp3) is 0.400. The van der Waals surface area contributed by atoms with Crippen molar-refractivity contribution in [3.8, 4) is 0 Å². The number of aromatic amines is 1. The van der Waals surface area contributed by atoms with Crippen molar-refractivity contribution in [1.82, 2.24) is 10.3 Å². The van der Waals surface area contributed by atoms with Gasteiger partial charge >= 0.3 is 0 Å². The molecule has 1 aromatic carbocycles. The molecule has 19 heavy (non-hydrogen) atoms. The molecule has 1 fully saturated rings. The Labute approximate surface area is 117 Å². The van der Waals surface area contributed by atoms with Crippen LogP contribution in [0.2, 0.25) is 5.02 Å². The first-order chi connectivity index (χ1) is 9.24. The zero-order chi connectivity index (χ0) is 13.2. The Morgan fingerprint density at radius 1 is 1.42 bits per heavy atom. The van der Waals surface area contributed by atoms with Crippen molar-refractivity contribution in [2.75, 3.05) is 6.54 Å². The number of carbonyl (C=O) groups is 1. The van der Waals surface area contributed by atoms with Gasteiger partial charge < -0.3 is 10.3 Å². The number of halogens is 1. The maximum atomic E-state index is 11.7. The molecular weight excluding hydrogens is 260 g/mol. The molecule has 1 amide bonds. The van der Waals surface area contributed by atoms with Crippen LogP contribution in [-0.4, -0.2) is 17.4 Å². The van der Waals surface area contributed by atoms with Crippen molar-refractivity contribution in [1.29, 1.82) is 0 Å². The molecule has 0 aliphatic heterocycles. The Kier molecular flexibility index (Phi) is 3.47. The number of carbonyl (C=O) groups excluding carboxylic acids is 1. The van der Waals surface area contributed by atoms with Crippen LogP contribution in [0.1, 0.15) is 24.8 Å². The molecule has 0 unspecified atom stereocenters. The van der Waals surface area contributed by atoms with Crippen LogP contribution in [0.15, 0.2) is 24.4 Å². The van der Waals surface area contributed by atoms with E-state index in [1.165, 1.54) is 17.4 Å². The quantitative estimate of drug-likeness (QED) is 0.884. The first-order valence-electron chi connectivity index (χ1n) is 6.77. The van der Waals surface area contributed by atoms with Crippen LogP contribution >= 0.6 is 11.6 Å². The van der Waals surface area contributed by atoms with E-state index >= 15 is 0 Å². The summed E-state index contributed by atoms with van der Waals surface area (Å²) in [5.74, 6) is 0.482. The summed E-state index contributed by atoms with van der Waals surface area (Å²) >= 11 is 5.95. The highest BCUT2D eigenvalue weighted by molar-refractivity contribution is 6.31. The van der Waals surface area contributed by atoms with Gasteiger partial charge in [-0.3, -0.25) is 4.79 Å². The number of fused-ring (bicyclic) bond motifs is 1. The fourth-order valence-corrected chi connectivity index (χ4v) is 2.67. The van der Waals surface area contributed by atoms with Gasteiger partial charge in [0.15, 0.2) is 0 Å². The number of benzene rings is 1. The third-order valence-electron chi connectivity index (χ3n) is 3.90. The number of nitrogens with one attached hydrogen (secondary N) is 2. The SMILES string of the molecule is O=C(NCCc1c[nH]c2cc(Cl)ccc12)C1CCC1. The largest absolute Gasteiger partial charge is 0.361 e. The van der Waals surface area contributed by atoms with E-state index in [9.17, 15) is 4.79 Å². The topological polar surface area (TPSA) is 44.9 Å². The van der Waals surface area contributed by atoms with E-state index in [1.54, 1.807) is 0 Å². The second kappa shape index (κ2) is 5.25. The second-order valence-electron chi connectivity index (χ2n) is 5.17. The van der Waals surface area contributed by atoms with Crippen molar-refractivity contribution in [2.24, 2.45) is 5.92 Å². The van der Waals surface area contributed by atoms with Gasteiger partial charge in [0, 0.05) is 34.6 Å². The first-order valence-corrected chi connectivity index (χ1v) is 7.15. The van der Waals surface area contributed by atoms with Crippen LogP contribution in [-0.2, 0) is 11.2 Å². The van der Waals surface area contributed by atoms with E-state index < -0.39 is 0 Å². The molecule has 2 N–H and O–H groups in total. The van der Waals surface area contributed by atoms with E-state index in [0.29, 0.717) is 6.54 Å². The molecule has 0 bridgehead atoms. The van der Waals surface area contributed by atoms with Gasteiger partial charge in [-0.1, -0.05) is 24.1 Å². The van der Waals surface area contributed by atoms with E-state index in [4.69, 9.17) is 11.6 Å². The molecule has 0 saturated heterocycles. The predicted octanol–water partition coefficient (Wildman–Crippen LogP) is 3.28. The lowest BCUT2D eigenvalue weighted by atomic mass is 9.85. The zero-order valence-electron chi connectivity index (χ0n) is 10.7. The van der Waals surface area contributed by atoms with Crippen molar-refractivity contribution in [3.05, 3.63) is 35.0 Å². The van der Waals surface area contributed by atoms with Crippen LogP contribution in [0, 0.1) is 5.92 Å². The summed E-state index contributed by atoms with van der Waals surface area (Å²) in [6.45, 7) is 0.699. The summed E-state index contributed by atoms with van der Waals surface area (Å²) in [6, 6.07) is 5.85. The minimum absolute atomic E-state index is 0.217. The summed E-state index contributed by atoms with van der Waals surface area (Å²) in [5.41, 5.74) is 2.27. The normalized spacial score (nSPS) is 15.4. The average Bonchev–Trinajstić information content (AvgIpc) is 2.69. The molecule has 1 aliphatic rings. The van der Waals surface area contributed by atoms with Gasteiger partial charge in [0.1, 0.15) is 0 Å². The lowest BCUT2D eigenvalue weighted by Gasteiger charge is -2.23. The van der Waals surface area contributed by atoms with E-state index in [0.717, 1.165) is 29.8 Å². The van der Waals surface area contributed by atoms with Crippen LogP contribution in [0.25, 0.3) is 10.9 Å². The monoisotopic (exact) mass is 276 g/mol. The van der Waals surface area contributed by atoms with Gasteiger partial charge in [-0.25, -0.2) is 0 Å². The summed E-state index contributed by atoms with van der Waals surface area (Å²) in [6.07, 6.45) is 6.15. The van der Waals surface area contributed by atoms with E-state index in [2.05, 4.69) is 10.3 Å². The molecule has 1 heterocycles. The molecule has 4 heteroatoms. The number of hydrogen-bond acceptors (Lipinski definition) is 1. The molecule has 0 spiro atoms. The fourth-order valence-electron chi connectivity index (χ4n) is 2.50. The number of hydrogen-bond donors (Lipinski definition) is 2. The lowest BCUT2D eigenvalue weighted by Crippen LogP contribution is -2.35. The molecular formula is C15H17ClN2O. The Morgan fingerprint density at radius 2 is 2.26 bits per heavy atom. The van der Waals surface area contributed by atoms with Gasteiger partial charge in [0.25, 0.3) is 0 Å². The molecule has 3 rings (SSSR count). The summed E-state index contributed by atoms with van der Waals surface area (Å²) < 4.78 is 0. The van der Waals surface area contributed by atoms with Crippen LogP contribution in [0.3, 0.4) is 0 Å². The molecule has 2 aromatic rings. The maximum absolute atomic E-state index is 11.7. The third kappa shape index (κ3) is 2.61. The van der Waals surface area contributed by atoms with Crippen molar-refractivity contribution < 1.29 is 4.79 Å². The second-order valence-corrected chi connectivity index (χ2v) is 5.61. The molecule has 1 saturated carbocycles. The highest BCUT2D eigenvalue weighted by atomic mass is 35.5. The average molecular weight is 277 g/mol. The van der Waals surface area contributed by atoms with Crippen molar-refractivity contribution in [2.45, 2.75) is 25.7 Å². The Hall–Kier alpha value is -1.48. The van der Waals surface area contributed by atoms with Gasteiger partial charge in [-0.05, 0) is 37.0 Å². The minimum atomic E-state index is 0.217. The Morgan fingerprint density at radius 3 is 3.00 bits per heavy atom. The molecule has 0 radical (unpaired) electrons. The lowest BCUT2D eigenvalue weighted by molar-refractivity contribution is -0.127. The standard InChI is InChI=1S/C15H17ClN2O/c16-12-4-5-13-11(9-18-14(13)8-12)6-7-17-15(19)10-2-1-3-10/h4-5,8-10,18H,1-3,6-7H2,(H,17,19). The van der Waals surface area contributed by atoms with Crippen LogP contribution < -0.4 is 5.32 Å². The van der Waals surface area contributed by atoms with Gasteiger partial charge in [-0.15, -0.1) is 0 Å². The number of aromatic nitrogens is 1. The molecule has 1 aromatic heterocycles. The van der Waals surface area contributed by atoms with Gasteiger partial charge in [0.05, 0.1) is 0 Å². The Bertz CT molecular complexity index is 601.